The summed E-state index contributed by atoms with van der Waals surface area (Å²) in [6.07, 6.45) is 15.8. The molecule has 0 N–H and O–H groups in total. The molecule has 1 nitrogen and oxygen atoms in total. The molecular formula is C15H27O. The van der Waals surface area contributed by atoms with Crippen LogP contribution in [0.15, 0.2) is 0 Å². The fraction of sp³-hybridized carbons (Fsp3) is 0.867. The third kappa shape index (κ3) is 5.67. The molecule has 0 aromatic rings. The minimum Gasteiger partial charge on any atom is -0.303 e. The number of carbonyl (C=O) groups excluding carboxylic acids is 1. The number of rotatable bonds is 2. The standard InChI is InChI=1S/C15H27O/c1-14(13-16)15-11-9-7-5-3-2-4-6-8-10-12-15/h13-15H,1-12H2. The molecule has 16 heavy (non-hydrogen) atoms. The predicted molar refractivity (Wildman–Crippen MR) is 69.2 cm³/mol. The van der Waals surface area contributed by atoms with Crippen LogP contribution in [0.5, 0.6) is 0 Å². The molecule has 0 spiro atoms. The summed E-state index contributed by atoms with van der Waals surface area (Å²) in [5.41, 5.74) is 0. The van der Waals surface area contributed by atoms with Crippen molar-refractivity contribution in [2.75, 3.05) is 0 Å². The lowest BCUT2D eigenvalue weighted by Crippen LogP contribution is -2.13. The molecule has 0 bridgehead atoms. The Kier molecular flexibility index (Phi) is 7.54. The van der Waals surface area contributed by atoms with Crippen LogP contribution in [0, 0.1) is 18.8 Å². The molecule has 1 aliphatic carbocycles. The van der Waals surface area contributed by atoms with E-state index in [9.17, 15) is 4.79 Å². The van der Waals surface area contributed by atoms with Crippen molar-refractivity contribution >= 4 is 6.29 Å². The van der Waals surface area contributed by atoms with E-state index in [1.165, 1.54) is 70.6 Å². The Hall–Kier alpha value is -0.330. The van der Waals surface area contributed by atoms with Crippen LogP contribution < -0.4 is 0 Å². The maximum atomic E-state index is 10.8. The lowest BCUT2D eigenvalue weighted by molar-refractivity contribution is -0.111. The Balaban J connectivity index is 2.32. The van der Waals surface area contributed by atoms with Crippen molar-refractivity contribution in [1.29, 1.82) is 0 Å². The van der Waals surface area contributed by atoms with Crippen molar-refractivity contribution in [3.05, 3.63) is 6.92 Å². The Morgan fingerprint density at radius 2 is 1.19 bits per heavy atom. The van der Waals surface area contributed by atoms with E-state index in [1.54, 1.807) is 0 Å². The average Bonchev–Trinajstić information content (AvgIpc) is 2.29. The molecule has 1 heteroatoms. The molecule has 0 aromatic heterocycles. The van der Waals surface area contributed by atoms with Gasteiger partial charge in [-0.3, -0.25) is 0 Å². The van der Waals surface area contributed by atoms with Crippen LogP contribution in [0.1, 0.15) is 70.6 Å². The predicted octanol–water partition coefficient (Wildman–Crippen LogP) is 4.56. The van der Waals surface area contributed by atoms with Gasteiger partial charge in [0.25, 0.3) is 0 Å². The summed E-state index contributed by atoms with van der Waals surface area (Å²) in [6.45, 7) is 3.98. The summed E-state index contributed by atoms with van der Waals surface area (Å²) >= 11 is 0. The van der Waals surface area contributed by atoms with E-state index in [-0.39, 0.29) is 5.92 Å². The molecule has 0 heterocycles. The van der Waals surface area contributed by atoms with Crippen molar-refractivity contribution < 1.29 is 4.79 Å². The molecule has 1 unspecified atom stereocenters. The molecule has 1 radical (unpaired) electrons. The zero-order chi connectivity index (χ0) is 11.6. The Morgan fingerprint density at radius 3 is 1.56 bits per heavy atom. The molecule has 0 saturated heterocycles. The third-order valence-electron chi connectivity index (χ3n) is 3.93. The van der Waals surface area contributed by atoms with Crippen LogP contribution in [0.3, 0.4) is 0 Å². The van der Waals surface area contributed by atoms with Gasteiger partial charge in [0, 0.05) is 5.92 Å². The maximum Gasteiger partial charge on any atom is 0.123 e. The minimum absolute atomic E-state index is 0.0305. The molecule has 0 aromatic carbocycles. The summed E-state index contributed by atoms with van der Waals surface area (Å²) in [5, 5.41) is 0. The van der Waals surface area contributed by atoms with Crippen LogP contribution in [-0.4, -0.2) is 6.29 Å². The molecule has 1 saturated carbocycles. The lowest BCUT2D eigenvalue weighted by Gasteiger charge is -2.20. The first-order valence-corrected chi connectivity index (χ1v) is 7.13. The van der Waals surface area contributed by atoms with Crippen molar-refractivity contribution in [2.45, 2.75) is 70.6 Å². The van der Waals surface area contributed by atoms with Crippen molar-refractivity contribution in [3.8, 4) is 0 Å². The van der Waals surface area contributed by atoms with Crippen LogP contribution in [0.2, 0.25) is 0 Å². The van der Waals surface area contributed by atoms with Crippen molar-refractivity contribution in [1.82, 2.24) is 0 Å². The van der Waals surface area contributed by atoms with Crippen molar-refractivity contribution in [2.24, 2.45) is 11.8 Å². The van der Waals surface area contributed by atoms with E-state index in [2.05, 4.69) is 6.92 Å². The summed E-state index contributed by atoms with van der Waals surface area (Å²) in [5.74, 6) is 0.583. The summed E-state index contributed by atoms with van der Waals surface area (Å²) in [4.78, 5) is 10.8. The van der Waals surface area contributed by atoms with Gasteiger partial charge in [-0.25, -0.2) is 0 Å². The van der Waals surface area contributed by atoms with Gasteiger partial charge in [0.05, 0.1) is 0 Å². The summed E-state index contributed by atoms with van der Waals surface area (Å²) in [6, 6.07) is 0. The first kappa shape index (κ1) is 13.7. The second-order valence-electron chi connectivity index (χ2n) is 5.32. The Labute approximate surface area is 101 Å². The highest BCUT2D eigenvalue weighted by molar-refractivity contribution is 5.54. The van der Waals surface area contributed by atoms with Gasteiger partial charge in [-0.05, 0) is 25.7 Å². The van der Waals surface area contributed by atoms with Gasteiger partial charge in [0.2, 0.25) is 0 Å². The lowest BCUT2D eigenvalue weighted by atomic mass is 9.85. The third-order valence-corrected chi connectivity index (χ3v) is 3.93. The van der Waals surface area contributed by atoms with Gasteiger partial charge in [-0.15, -0.1) is 0 Å². The van der Waals surface area contributed by atoms with Gasteiger partial charge in [0.1, 0.15) is 6.29 Å². The fourth-order valence-corrected chi connectivity index (χ4v) is 2.73. The summed E-state index contributed by atoms with van der Waals surface area (Å²) in [7, 11) is 0. The van der Waals surface area contributed by atoms with E-state index < -0.39 is 0 Å². The molecule has 0 amide bonds. The zero-order valence-electron chi connectivity index (χ0n) is 10.6. The first-order valence-electron chi connectivity index (χ1n) is 7.13. The SMILES string of the molecule is [CH2]C(C=O)C1CCCCCCCCCCC1. The minimum atomic E-state index is 0.0305. The van der Waals surface area contributed by atoms with E-state index in [4.69, 9.17) is 0 Å². The van der Waals surface area contributed by atoms with E-state index in [0.717, 1.165) is 6.29 Å². The molecule has 1 atom stereocenters. The molecule has 1 fully saturated rings. The number of aldehydes is 1. The van der Waals surface area contributed by atoms with Gasteiger partial charge >= 0.3 is 0 Å². The average molecular weight is 223 g/mol. The summed E-state index contributed by atoms with van der Waals surface area (Å²) < 4.78 is 0. The zero-order valence-corrected chi connectivity index (χ0v) is 10.6. The van der Waals surface area contributed by atoms with Gasteiger partial charge in [-0.2, -0.15) is 0 Å². The normalized spacial score (nSPS) is 24.1. The van der Waals surface area contributed by atoms with Gasteiger partial charge in [-0.1, -0.05) is 57.8 Å². The fourth-order valence-electron chi connectivity index (χ4n) is 2.73. The molecule has 1 aliphatic rings. The monoisotopic (exact) mass is 223 g/mol. The van der Waals surface area contributed by atoms with E-state index in [0.29, 0.717) is 5.92 Å². The molecule has 0 aliphatic heterocycles. The maximum absolute atomic E-state index is 10.8. The van der Waals surface area contributed by atoms with Crippen LogP contribution >= 0.6 is 0 Å². The largest absolute Gasteiger partial charge is 0.303 e. The highest BCUT2D eigenvalue weighted by atomic mass is 16.1. The molecule has 1 rings (SSSR count). The smallest absolute Gasteiger partial charge is 0.123 e. The Morgan fingerprint density at radius 1 is 0.812 bits per heavy atom. The Bertz CT molecular complexity index is 164. The van der Waals surface area contributed by atoms with E-state index >= 15 is 0 Å². The van der Waals surface area contributed by atoms with Crippen LogP contribution in [0.4, 0.5) is 0 Å². The van der Waals surface area contributed by atoms with Gasteiger partial charge in [0.15, 0.2) is 0 Å². The number of hydrogen-bond donors (Lipinski definition) is 0. The topological polar surface area (TPSA) is 17.1 Å². The number of carbonyl (C=O) groups is 1. The van der Waals surface area contributed by atoms with Crippen LogP contribution in [0.25, 0.3) is 0 Å². The highest BCUT2D eigenvalue weighted by Gasteiger charge is 2.16. The van der Waals surface area contributed by atoms with E-state index in [1.807, 2.05) is 0 Å². The number of hydrogen-bond acceptors (Lipinski definition) is 1. The second-order valence-corrected chi connectivity index (χ2v) is 5.32. The highest BCUT2D eigenvalue weighted by Crippen LogP contribution is 2.25. The quantitative estimate of drug-likeness (QED) is 0.627. The molecular weight excluding hydrogens is 196 g/mol. The first-order chi connectivity index (χ1) is 7.84. The second kappa shape index (κ2) is 8.78. The van der Waals surface area contributed by atoms with Crippen LogP contribution in [-0.2, 0) is 4.79 Å². The molecule has 93 valence electrons. The van der Waals surface area contributed by atoms with Gasteiger partial charge < -0.3 is 4.79 Å². The van der Waals surface area contributed by atoms with Crippen molar-refractivity contribution in [3.63, 3.8) is 0 Å².